The van der Waals surface area contributed by atoms with Crippen molar-refractivity contribution in [3.63, 3.8) is 0 Å². The maximum absolute atomic E-state index is 11.2. The van der Waals surface area contributed by atoms with Crippen LogP contribution in [0, 0.1) is 0 Å². The van der Waals surface area contributed by atoms with Gasteiger partial charge in [-0.05, 0) is 26.0 Å². The molecule has 0 aliphatic carbocycles. The van der Waals surface area contributed by atoms with Gasteiger partial charge in [0.25, 0.3) is 0 Å². The molecular weight excluding hydrogens is 176 g/mol. The van der Waals surface area contributed by atoms with Crippen molar-refractivity contribution >= 4 is 5.78 Å². The number of carbonyl (C=O) groups excluding carboxylic acids is 1. The van der Waals surface area contributed by atoms with Crippen molar-refractivity contribution in [2.75, 3.05) is 6.61 Å². The van der Waals surface area contributed by atoms with Crippen molar-refractivity contribution in [3.05, 3.63) is 42.0 Å². The molecule has 74 valence electrons. The summed E-state index contributed by atoms with van der Waals surface area (Å²) < 4.78 is 5.43. The zero-order valence-corrected chi connectivity index (χ0v) is 8.49. The van der Waals surface area contributed by atoms with Gasteiger partial charge in [-0.2, -0.15) is 0 Å². The molecule has 0 atom stereocenters. The molecule has 0 aliphatic rings. The molecular formula is C12H14O2. The van der Waals surface area contributed by atoms with Gasteiger partial charge in [0.2, 0.25) is 0 Å². The lowest BCUT2D eigenvalue weighted by atomic mass is 10.1. The first-order chi connectivity index (χ1) is 6.75. The van der Waals surface area contributed by atoms with Crippen molar-refractivity contribution in [2.45, 2.75) is 13.8 Å². The summed E-state index contributed by atoms with van der Waals surface area (Å²) in [5, 5.41) is 0. The van der Waals surface area contributed by atoms with Crippen LogP contribution < -0.4 is 4.74 Å². The second kappa shape index (κ2) is 5.22. The number of allylic oxidation sites excluding steroid dienone is 1. The van der Waals surface area contributed by atoms with Gasteiger partial charge in [0, 0.05) is 0 Å². The number of benzene rings is 1. The van der Waals surface area contributed by atoms with Crippen LogP contribution in [0.5, 0.6) is 5.75 Å². The average molecular weight is 190 g/mol. The lowest BCUT2D eigenvalue weighted by Gasteiger charge is -2.06. The first kappa shape index (κ1) is 10.5. The molecule has 0 saturated carbocycles. The third kappa shape index (κ3) is 2.73. The van der Waals surface area contributed by atoms with Crippen LogP contribution in [0.2, 0.25) is 0 Å². The maximum Gasteiger partial charge on any atom is 0.163 e. The summed E-state index contributed by atoms with van der Waals surface area (Å²) in [6, 6.07) is 7.27. The van der Waals surface area contributed by atoms with E-state index >= 15 is 0 Å². The molecule has 0 unspecified atom stereocenters. The van der Waals surface area contributed by atoms with E-state index in [9.17, 15) is 4.79 Å². The molecule has 2 heteroatoms. The van der Waals surface area contributed by atoms with Crippen molar-refractivity contribution in [1.82, 2.24) is 0 Å². The van der Waals surface area contributed by atoms with Crippen LogP contribution in [0.25, 0.3) is 0 Å². The summed E-state index contributed by atoms with van der Waals surface area (Å²) in [7, 11) is 0. The Bertz CT molecular complexity index is 340. The predicted octanol–water partition coefficient (Wildman–Crippen LogP) is 2.84. The predicted molar refractivity (Wildman–Crippen MR) is 56.8 cm³/mol. The Labute approximate surface area is 84.2 Å². The topological polar surface area (TPSA) is 26.3 Å². The van der Waals surface area contributed by atoms with E-state index in [1.807, 2.05) is 31.2 Å². The molecule has 0 bridgehead atoms. The number of hydrogen-bond acceptors (Lipinski definition) is 2. The van der Waals surface area contributed by atoms with Gasteiger partial charge in [-0.1, -0.05) is 24.3 Å². The zero-order chi connectivity index (χ0) is 10.4. The Hall–Kier alpha value is -1.57. The molecule has 0 radical (unpaired) electrons. The normalized spacial score (nSPS) is 10.4. The smallest absolute Gasteiger partial charge is 0.163 e. The van der Waals surface area contributed by atoms with Crippen LogP contribution in [0.15, 0.2) is 36.4 Å². The van der Waals surface area contributed by atoms with Crippen LogP contribution in [-0.2, 0) is 0 Å². The molecule has 1 aromatic rings. The van der Waals surface area contributed by atoms with E-state index in [1.165, 1.54) is 6.92 Å². The first-order valence-corrected chi connectivity index (χ1v) is 4.59. The third-order valence-electron chi connectivity index (χ3n) is 1.84. The molecule has 0 amide bonds. The summed E-state index contributed by atoms with van der Waals surface area (Å²) in [5.41, 5.74) is 0.636. The van der Waals surface area contributed by atoms with E-state index in [1.54, 1.807) is 12.1 Å². The van der Waals surface area contributed by atoms with Crippen LogP contribution in [-0.4, -0.2) is 12.4 Å². The van der Waals surface area contributed by atoms with Crippen molar-refractivity contribution in [2.24, 2.45) is 0 Å². The van der Waals surface area contributed by atoms with E-state index in [0.29, 0.717) is 17.9 Å². The fourth-order valence-electron chi connectivity index (χ4n) is 1.12. The van der Waals surface area contributed by atoms with E-state index in [2.05, 4.69) is 0 Å². The second-order valence-corrected chi connectivity index (χ2v) is 2.93. The molecule has 0 N–H and O–H groups in total. The quantitative estimate of drug-likeness (QED) is 0.539. The van der Waals surface area contributed by atoms with Crippen molar-refractivity contribution in [3.8, 4) is 5.75 Å². The Balaban J connectivity index is 2.79. The fraction of sp³-hybridized carbons (Fsp3) is 0.250. The van der Waals surface area contributed by atoms with Gasteiger partial charge < -0.3 is 4.74 Å². The van der Waals surface area contributed by atoms with Gasteiger partial charge in [-0.15, -0.1) is 0 Å². The molecule has 0 heterocycles. The van der Waals surface area contributed by atoms with E-state index < -0.39 is 0 Å². The van der Waals surface area contributed by atoms with Crippen molar-refractivity contribution < 1.29 is 9.53 Å². The Morgan fingerprint density at radius 2 is 2.14 bits per heavy atom. The number of ether oxygens (including phenoxy) is 1. The standard InChI is InChI=1S/C12H14O2/c1-3-4-9-14-12-8-6-5-7-11(12)10(2)13/h3-8H,9H2,1-2H3. The molecule has 0 aliphatic heterocycles. The zero-order valence-electron chi connectivity index (χ0n) is 8.49. The van der Waals surface area contributed by atoms with Crippen molar-refractivity contribution in [1.29, 1.82) is 0 Å². The highest BCUT2D eigenvalue weighted by molar-refractivity contribution is 5.96. The summed E-state index contributed by atoms with van der Waals surface area (Å²) >= 11 is 0. The minimum absolute atomic E-state index is 0.0288. The number of ketones is 1. The van der Waals surface area contributed by atoms with E-state index in [4.69, 9.17) is 4.74 Å². The Morgan fingerprint density at radius 3 is 2.79 bits per heavy atom. The highest BCUT2D eigenvalue weighted by Crippen LogP contribution is 2.18. The summed E-state index contributed by atoms with van der Waals surface area (Å²) in [4.78, 5) is 11.2. The molecule has 0 aromatic heterocycles. The van der Waals surface area contributed by atoms with Gasteiger partial charge in [0.05, 0.1) is 5.56 Å². The summed E-state index contributed by atoms with van der Waals surface area (Å²) in [5.74, 6) is 0.680. The largest absolute Gasteiger partial charge is 0.489 e. The highest BCUT2D eigenvalue weighted by atomic mass is 16.5. The number of para-hydroxylation sites is 1. The monoisotopic (exact) mass is 190 g/mol. The second-order valence-electron chi connectivity index (χ2n) is 2.93. The van der Waals surface area contributed by atoms with Gasteiger partial charge >= 0.3 is 0 Å². The van der Waals surface area contributed by atoms with Crippen LogP contribution in [0.3, 0.4) is 0 Å². The van der Waals surface area contributed by atoms with Gasteiger partial charge in [-0.25, -0.2) is 0 Å². The number of hydrogen-bond donors (Lipinski definition) is 0. The van der Waals surface area contributed by atoms with E-state index in [-0.39, 0.29) is 5.78 Å². The molecule has 0 fully saturated rings. The molecule has 0 spiro atoms. The molecule has 2 nitrogen and oxygen atoms in total. The maximum atomic E-state index is 11.2. The highest BCUT2D eigenvalue weighted by Gasteiger charge is 2.05. The van der Waals surface area contributed by atoms with Gasteiger partial charge in [0.1, 0.15) is 12.4 Å². The van der Waals surface area contributed by atoms with E-state index in [0.717, 1.165) is 0 Å². The minimum Gasteiger partial charge on any atom is -0.489 e. The average Bonchev–Trinajstić information content (AvgIpc) is 2.19. The number of carbonyl (C=O) groups is 1. The van der Waals surface area contributed by atoms with Crippen LogP contribution >= 0.6 is 0 Å². The Kier molecular flexibility index (Phi) is 3.92. The molecule has 14 heavy (non-hydrogen) atoms. The minimum atomic E-state index is 0.0288. The Morgan fingerprint density at radius 1 is 1.43 bits per heavy atom. The lowest BCUT2D eigenvalue weighted by Crippen LogP contribution is -2.00. The third-order valence-corrected chi connectivity index (χ3v) is 1.84. The van der Waals surface area contributed by atoms with Crippen LogP contribution in [0.1, 0.15) is 24.2 Å². The SMILES string of the molecule is CC=CCOc1ccccc1C(C)=O. The fourth-order valence-corrected chi connectivity index (χ4v) is 1.12. The summed E-state index contributed by atoms with van der Waals surface area (Å²) in [6.07, 6.45) is 3.81. The number of rotatable bonds is 4. The van der Waals surface area contributed by atoms with Gasteiger partial charge in [0.15, 0.2) is 5.78 Å². The first-order valence-electron chi connectivity index (χ1n) is 4.59. The number of Topliss-reactive ketones (excluding diaryl/α,β-unsaturated/α-hetero) is 1. The molecule has 1 aromatic carbocycles. The molecule has 0 saturated heterocycles. The molecule has 1 rings (SSSR count). The lowest BCUT2D eigenvalue weighted by molar-refractivity contribution is 0.101. The van der Waals surface area contributed by atoms with Gasteiger partial charge in [-0.3, -0.25) is 4.79 Å². The summed E-state index contributed by atoms with van der Waals surface area (Å²) in [6.45, 7) is 3.97. The van der Waals surface area contributed by atoms with Crippen LogP contribution in [0.4, 0.5) is 0 Å².